The highest BCUT2D eigenvalue weighted by molar-refractivity contribution is 5.91. The van der Waals surface area contributed by atoms with E-state index in [4.69, 9.17) is 4.74 Å². The average Bonchev–Trinajstić information content (AvgIpc) is 2.29. The van der Waals surface area contributed by atoms with Gasteiger partial charge in [-0.25, -0.2) is 0 Å². The number of methoxy groups -OCH3 is 1. The molecular formula is C13H17ClN2O. The normalized spacial score (nSPS) is 10.0. The number of fused-ring (bicyclic) bond motifs is 1. The molecule has 0 bridgehead atoms. The first kappa shape index (κ1) is 13.7. The molecule has 2 aromatic rings. The molecule has 1 N–H and O–H groups in total. The van der Waals surface area contributed by atoms with Gasteiger partial charge in [-0.15, -0.1) is 0 Å². The lowest BCUT2D eigenvalue weighted by atomic mass is 10.1. The molecule has 0 aliphatic heterocycles. The zero-order chi connectivity index (χ0) is 11.4. The quantitative estimate of drug-likeness (QED) is 0.760. The third kappa shape index (κ3) is 3.32. The van der Waals surface area contributed by atoms with Crippen LogP contribution >= 0.6 is 0 Å². The first-order valence-corrected chi connectivity index (χ1v) is 5.40. The lowest BCUT2D eigenvalue weighted by molar-refractivity contribution is -0.00000372. The highest BCUT2D eigenvalue weighted by Gasteiger charge is 2.02. The molecule has 0 fully saturated rings. The number of aryl methyl sites for hydroxylation is 1. The van der Waals surface area contributed by atoms with Gasteiger partial charge in [-0.1, -0.05) is 18.2 Å². The van der Waals surface area contributed by atoms with Crippen LogP contribution in [-0.4, -0.2) is 25.2 Å². The van der Waals surface area contributed by atoms with Crippen LogP contribution in [0.25, 0.3) is 10.9 Å². The average molecular weight is 253 g/mol. The van der Waals surface area contributed by atoms with Crippen molar-refractivity contribution in [2.24, 2.45) is 0 Å². The molecule has 0 unspecified atom stereocenters. The number of benzene rings is 1. The van der Waals surface area contributed by atoms with Crippen molar-refractivity contribution in [2.45, 2.75) is 6.92 Å². The van der Waals surface area contributed by atoms with E-state index in [2.05, 4.69) is 22.4 Å². The number of nitrogens with zero attached hydrogens (tertiary/aromatic N) is 1. The summed E-state index contributed by atoms with van der Waals surface area (Å²) in [5.41, 5.74) is 3.18. The Hall–Kier alpha value is -1.32. The van der Waals surface area contributed by atoms with Crippen molar-refractivity contribution in [2.75, 3.05) is 25.6 Å². The minimum atomic E-state index is 0. The number of pyridine rings is 1. The Kier molecular flexibility index (Phi) is 5.19. The summed E-state index contributed by atoms with van der Waals surface area (Å²) in [4.78, 5) is 4.49. The minimum Gasteiger partial charge on any atom is -1.00 e. The fourth-order valence-corrected chi connectivity index (χ4v) is 1.74. The second kappa shape index (κ2) is 6.42. The topological polar surface area (TPSA) is 34.1 Å². The van der Waals surface area contributed by atoms with Gasteiger partial charge in [-0.3, -0.25) is 4.98 Å². The highest BCUT2D eigenvalue weighted by Crippen LogP contribution is 2.22. The maximum absolute atomic E-state index is 5.03. The molecule has 3 nitrogen and oxygen atoms in total. The van der Waals surface area contributed by atoms with E-state index in [1.165, 1.54) is 0 Å². The van der Waals surface area contributed by atoms with Crippen molar-refractivity contribution in [3.8, 4) is 0 Å². The van der Waals surface area contributed by atoms with Crippen LogP contribution in [0.3, 0.4) is 0 Å². The van der Waals surface area contributed by atoms with Crippen LogP contribution in [0.1, 0.15) is 7.12 Å². The Labute approximate surface area is 109 Å². The van der Waals surface area contributed by atoms with Gasteiger partial charge in [0.1, 0.15) is 0 Å². The van der Waals surface area contributed by atoms with Gasteiger partial charge in [0.25, 0.3) is 0 Å². The Morgan fingerprint density at radius 3 is 2.88 bits per heavy atom. The van der Waals surface area contributed by atoms with Crippen LogP contribution < -0.4 is 17.7 Å². The molecule has 1 aromatic carbocycles. The highest BCUT2D eigenvalue weighted by atomic mass is 35.5. The zero-order valence-electron chi connectivity index (χ0n) is 11.0. The molecule has 0 spiro atoms. The van der Waals surface area contributed by atoms with Gasteiger partial charge >= 0.3 is 1.43 Å². The van der Waals surface area contributed by atoms with Crippen molar-refractivity contribution in [1.82, 2.24) is 4.98 Å². The van der Waals surface area contributed by atoms with E-state index in [0.29, 0.717) is 6.61 Å². The third-order valence-electron chi connectivity index (χ3n) is 2.47. The molecule has 4 heteroatoms. The molecule has 0 amide bonds. The van der Waals surface area contributed by atoms with Gasteiger partial charge in [0.15, 0.2) is 0 Å². The SMILES string of the molecule is COCCNc1cc(C)nc2ccccc12.[Cl-].[H+]. The summed E-state index contributed by atoms with van der Waals surface area (Å²) >= 11 is 0. The van der Waals surface area contributed by atoms with Crippen LogP contribution in [0.15, 0.2) is 30.3 Å². The molecule has 0 aliphatic rings. The van der Waals surface area contributed by atoms with E-state index in [-0.39, 0.29) is 13.8 Å². The summed E-state index contributed by atoms with van der Waals surface area (Å²) in [6.07, 6.45) is 0. The number of nitrogens with one attached hydrogen (secondary N) is 1. The first-order valence-electron chi connectivity index (χ1n) is 5.40. The third-order valence-corrected chi connectivity index (χ3v) is 2.47. The minimum absolute atomic E-state index is 0. The van der Waals surface area contributed by atoms with Gasteiger partial charge in [0.05, 0.1) is 12.1 Å². The molecule has 0 saturated carbocycles. The predicted octanol–water partition coefficient (Wildman–Crippen LogP) is -0.282. The van der Waals surface area contributed by atoms with E-state index < -0.39 is 0 Å². The van der Waals surface area contributed by atoms with E-state index in [1.54, 1.807) is 7.11 Å². The van der Waals surface area contributed by atoms with E-state index in [9.17, 15) is 0 Å². The van der Waals surface area contributed by atoms with Crippen molar-refractivity contribution in [3.63, 3.8) is 0 Å². The molecule has 0 aliphatic carbocycles. The number of hydrogen-bond acceptors (Lipinski definition) is 3. The number of anilines is 1. The Morgan fingerprint density at radius 1 is 1.35 bits per heavy atom. The predicted molar refractivity (Wildman–Crippen MR) is 68.0 cm³/mol. The van der Waals surface area contributed by atoms with Gasteiger partial charge < -0.3 is 22.5 Å². The number of rotatable bonds is 4. The fourth-order valence-electron chi connectivity index (χ4n) is 1.74. The van der Waals surface area contributed by atoms with Crippen molar-refractivity contribution in [1.29, 1.82) is 0 Å². The lowest BCUT2D eigenvalue weighted by Crippen LogP contribution is -3.00. The van der Waals surface area contributed by atoms with Gasteiger partial charge in [0, 0.05) is 30.4 Å². The summed E-state index contributed by atoms with van der Waals surface area (Å²) in [6.45, 7) is 3.52. The summed E-state index contributed by atoms with van der Waals surface area (Å²) in [6, 6.07) is 10.2. The molecule has 0 radical (unpaired) electrons. The second-order valence-corrected chi connectivity index (χ2v) is 3.75. The Bertz CT molecular complexity index is 493. The van der Waals surface area contributed by atoms with Crippen molar-refractivity contribution >= 4 is 16.6 Å². The van der Waals surface area contributed by atoms with Crippen LogP contribution in [0.2, 0.25) is 0 Å². The van der Waals surface area contributed by atoms with E-state index in [0.717, 1.165) is 28.8 Å². The standard InChI is InChI=1S/C13H16N2O.ClH/c1-10-9-13(14-7-8-16-2)11-5-3-4-6-12(11)15-10;/h3-6,9H,7-8H2,1-2H3,(H,14,15);1H. The molecule has 0 saturated heterocycles. The molecule has 2 rings (SSSR count). The maximum Gasteiger partial charge on any atom is 1.00 e. The lowest BCUT2D eigenvalue weighted by Gasteiger charge is -2.10. The van der Waals surface area contributed by atoms with Crippen LogP contribution in [0.4, 0.5) is 5.69 Å². The monoisotopic (exact) mass is 252 g/mol. The summed E-state index contributed by atoms with van der Waals surface area (Å²) < 4.78 is 5.03. The number of halogens is 1. The maximum atomic E-state index is 5.03. The number of hydrogen-bond donors (Lipinski definition) is 1. The molecular weight excluding hydrogens is 236 g/mol. The molecule has 92 valence electrons. The number of ether oxygens (including phenoxy) is 1. The Balaban J connectivity index is 0.00000144. The second-order valence-electron chi connectivity index (χ2n) is 3.75. The fraction of sp³-hybridized carbons (Fsp3) is 0.308. The van der Waals surface area contributed by atoms with E-state index in [1.807, 2.05) is 25.1 Å². The Morgan fingerprint density at radius 2 is 2.12 bits per heavy atom. The molecule has 1 heterocycles. The molecule has 0 atom stereocenters. The van der Waals surface area contributed by atoms with Crippen LogP contribution in [-0.2, 0) is 4.74 Å². The summed E-state index contributed by atoms with van der Waals surface area (Å²) in [5, 5.41) is 4.52. The first-order chi connectivity index (χ1) is 7.81. The zero-order valence-corrected chi connectivity index (χ0v) is 10.8. The van der Waals surface area contributed by atoms with Crippen molar-refractivity contribution in [3.05, 3.63) is 36.0 Å². The number of aromatic nitrogens is 1. The largest absolute Gasteiger partial charge is 1.00 e. The van der Waals surface area contributed by atoms with E-state index >= 15 is 0 Å². The van der Waals surface area contributed by atoms with Gasteiger partial charge in [-0.2, -0.15) is 0 Å². The summed E-state index contributed by atoms with van der Waals surface area (Å²) in [5.74, 6) is 0. The summed E-state index contributed by atoms with van der Waals surface area (Å²) in [7, 11) is 1.71. The van der Waals surface area contributed by atoms with Crippen molar-refractivity contribution < 1.29 is 18.6 Å². The smallest absolute Gasteiger partial charge is 1.00 e. The number of para-hydroxylation sites is 1. The molecule has 1 aromatic heterocycles. The molecule has 17 heavy (non-hydrogen) atoms. The van der Waals surface area contributed by atoms with Crippen LogP contribution in [0.5, 0.6) is 0 Å². The van der Waals surface area contributed by atoms with Gasteiger partial charge in [-0.05, 0) is 19.1 Å². The van der Waals surface area contributed by atoms with Crippen LogP contribution in [0, 0.1) is 6.92 Å². The van der Waals surface area contributed by atoms with Gasteiger partial charge in [0.2, 0.25) is 0 Å².